The lowest BCUT2D eigenvalue weighted by Crippen LogP contribution is -2.19. The first-order valence-electron chi connectivity index (χ1n) is 8.51. The average Bonchev–Trinajstić information content (AvgIpc) is 2.52. The first kappa shape index (κ1) is 18.7. The molecule has 0 bridgehead atoms. The Morgan fingerprint density at radius 2 is 1.50 bits per heavy atom. The summed E-state index contributed by atoms with van der Waals surface area (Å²) in [7, 11) is 0. The molecule has 0 spiro atoms. The van der Waals surface area contributed by atoms with Crippen LogP contribution in [0.25, 0.3) is 0 Å². The van der Waals surface area contributed by atoms with Crippen LogP contribution in [0.2, 0.25) is 0 Å². The van der Waals surface area contributed by atoms with Gasteiger partial charge < -0.3 is 10.6 Å². The maximum absolute atomic E-state index is 4.58. The second-order valence-corrected chi connectivity index (χ2v) is 7.13. The SMILES string of the molecule is CCC(CC)Nc1nc(C)nc(Nc2c(C)cc(C)cc2C)c1Br. The minimum atomic E-state index is 0.409. The molecule has 0 fully saturated rings. The molecule has 24 heavy (non-hydrogen) atoms. The van der Waals surface area contributed by atoms with Gasteiger partial charge in [0.05, 0.1) is 0 Å². The van der Waals surface area contributed by atoms with Crippen LogP contribution in [0.5, 0.6) is 0 Å². The van der Waals surface area contributed by atoms with E-state index in [-0.39, 0.29) is 0 Å². The molecule has 0 unspecified atom stereocenters. The standard InChI is InChI=1S/C19H27BrN4/c1-7-15(8-2)23-18-16(20)19(22-14(6)21-18)24-17-12(4)9-11(3)10-13(17)5/h9-10,15H,7-8H2,1-6H3,(H2,21,22,23,24). The number of nitrogens with one attached hydrogen (secondary N) is 2. The van der Waals surface area contributed by atoms with Crippen molar-refractivity contribution >= 4 is 33.3 Å². The molecule has 4 nitrogen and oxygen atoms in total. The van der Waals surface area contributed by atoms with Crippen molar-refractivity contribution in [3.05, 3.63) is 39.1 Å². The van der Waals surface area contributed by atoms with Gasteiger partial charge in [0.1, 0.15) is 16.1 Å². The van der Waals surface area contributed by atoms with Crippen molar-refractivity contribution in [3.63, 3.8) is 0 Å². The van der Waals surface area contributed by atoms with E-state index in [2.05, 4.69) is 83.3 Å². The average molecular weight is 391 g/mol. The Kier molecular flexibility index (Phi) is 6.21. The fourth-order valence-electron chi connectivity index (χ4n) is 2.92. The predicted octanol–water partition coefficient (Wildman–Crippen LogP) is 5.82. The Hall–Kier alpha value is -1.62. The summed E-state index contributed by atoms with van der Waals surface area (Å²) in [5, 5.41) is 7.00. The lowest BCUT2D eigenvalue weighted by atomic mass is 10.1. The van der Waals surface area contributed by atoms with Crippen LogP contribution >= 0.6 is 15.9 Å². The topological polar surface area (TPSA) is 49.8 Å². The third kappa shape index (κ3) is 4.26. The molecule has 1 aromatic carbocycles. The van der Waals surface area contributed by atoms with Gasteiger partial charge in [-0.3, -0.25) is 0 Å². The van der Waals surface area contributed by atoms with Gasteiger partial charge in [-0.1, -0.05) is 31.5 Å². The summed E-state index contributed by atoms with van der Waals surface area (Å²) in [6.07, 6.45) is 2.12. The zero-order chi connectivity index (χ0) is 17.9. The number of hydrogen-bond acceptors (Lipinski definition) is 4. The number of rotatable bonds is 6. The Morgan fingerprint density at radius 3 is 2.04 bits per heavy atom. The zero-order valence-corrected chi connectivity index (χ0v) is 17.0. The minimum absolute atomic E-state index is 0.409. The molecule has 2 N–H and O–H groups in total. The molecule has 2 aromatic rings. The van der Waals surface area contributed by atoms with Gasteiger partial charge in [0.2, 0.25) is 0 Å². The molecule has 0 atom stereocenters. The van der Waals surface area contributed by atoms with E-state index in [1.165, 1.54) is 16.7 Å². The van der Waals surface area contributed by atoms with Crippen molar-refractivity contribution in [2.24, 2.45) is 0 Å². The number of halogens is 1. The Morgan fingerprint density at radius 1 is 0.958 bits per heavy atom. The van der Waals surface area contributed by atoms with Crippen molar-refractivity contribution < 1.29 is 0 Å². The Balaban J connectivity index is 2.39. The lowest BCUT2D eigenvalue weighted by molar-refractivity contribution is 0.667. The minimum Gasteiger partial charge on any atom is -0.366 e. The van der Waals surface area contributed by atoms with E-state index >= 15 is 0 Å². The van der Waals surface area contributed by atoms with Gasteiger partial charge in [-0.05, 0) is 67.6 Å². The van der Waals surface area contributed by atoms with Crippen LogP contribution in [0.1, 0.15) is 49.2 Å². The van der Waals surface area contributed by atoms with Gasteiger partial charge in [0.25, 0.3) is 0 Å². The van der Waals surface area contributed by atoms with Crippen LogP contribution in [0.4, 0.5) is 17.3 Å². The van der Waals surface area contributed by atoms with E-state index in [1.54, 1.807) is 0 Å². The van der Waals surface area contributed by atoms with Crippen molar-refractivity contribution in [1.29, 1.82) is 0 Å². The van der Waals surface area contributed by atoms with E-state index in [1.807, 2.05) is 6.92 Å². The van der Waals surface area contributed by atoms with Crippen LogP contribution < -0.4 is 10.6 Å². The summed E-state index contributed by atoms with van der Waals surface area (Å²) in [5.41, 5.74) is 4.80. The third-order valence-corrected chi connectivity index (χ3v) is 4.96. The molecule has 130 valence electrons. The maximum atomic E-state index is 4.58. The van der Waals surface area contributed by atoms with Crippen LogP contribution in [0, 0.1) is 27.7 Å². The Labute approximate surface area is 153 Å². The fourth-order valence-corrected chi connectivity index (χ4v) is 3.31. The summed E-state index contributed by atoms with van der Waals surface area (Å²) < 4.78 is 0.874. The van der Waals surface area contributed by atoms with Crippen LogP contribution in [0.15, 0.2) is 16.6 Å². The highest BCUT2D eigenvalue weighted by Crippen LogP contribution is 2.33. The van der Waals surface area contributed by atoms with E-state index < -0.39 is 0 Å². The molecule has 0 amide bonds. The second-order valence-electron chi connectivity index (χ2n) is 6.34. The first-order valence-corrected chi connectivity index (χ1v) is 9.30. The molecule has 0 saturated carbocycles. The molecule has 1 aromatic heterocycles. The summed E-state index contributed by atoms with van der Waals surface area (Å²) in [4.78, 5) is 9.14. The summed E-state index contributed by atoms with van der Waals surface area (Å²) in [5.74, 6) is 2.39. The highest BCUT2D eigenvalue weighted by Gasteiger charge is 2.15. The summed E-state index contributed by atoms with van der Waals surface area (Å²) in [6.45, 7) is 12.6. The fraction of sp³-hybridized carbons (Fsp3) is 0.474. The van der Waals surface area contributed by atoms with E-state index in [0.717, 1.165) is 40.5 Å². The highest BCUT2D eigenvalue weighted by atomic mass is 79.9. The van der Waals surface area contributed by atoms with Gasteiger partial charge >= 0.3 is 0 Å². The molecule has 1 heterocycles. The van der Waals surface area contributed by atoms with E-state index in [4.69, 9.17) is 0 Å². The highest BCUT2D eigenvalue weighted by molar-refractivity contribution is 9.10. The maximum Gasteiger partial charge on any atom is 0.150 e. The number of aromatic nitrogens is 2. The molecule has 0 radical (unpaired) electrons. The predicted molar refractivity (Wildman–Crippen MR) is 106 cm³/mol. The lowest BCUT2D eigenvalue weighted by Gasteiger charge is -2.19. The van der Waals surface area contributed by atoms with Crippen molar-refractivity contribution in [1.82, 2.24) is 9.97 Å². The molecule has 5 heteroatoms. The number of nitrogens with zero attached hydrogens (tertiary/aromatic N) is 2. The largest absolute Gasteiger partial charge is 0.366 e. The number of aryl methyl sites for hydroxylation is 4. The van der Waals surface area contributed by atoms with Crippen LogP contribution in [0.3, 0.4) is 0 Å². The van der Waals surface area contributed by atoms with E-state index in [9.17, 15) is 0 Å². The van der Waals surface area contributed by atoms with Gasteiger partial charge in [-0.2, -0.15) is 0 Å². The van der Waals surface area contributed by atoms with Crippen molar-refractivity contribution in [2.45, 2.75) is 60.4 Å². The van der Waals surface area contributed by atoms with Crippen LogP contribution in [-0.4, -0.2) is 16.0 Å². The van der Waals surface area contributed by atoms with Crippen molar-refractivity contribution in [3.8, 4) is 0 Å². The number of anilines is 3. The molecule has 0 aliphatic rings. The second kappa shape index (κ2) is 7.97. The quantitative estimate of drug-likeness (QED) is 0.652. The van der Waals surface area contributed by atoms with Gasteiger partial charge in [0.15, 0.2) is 5.82 Å². The number of hydrogen-bond donors (Lipinski definition) is 2. The third-order valence-electron chi connectivity index (χ3n) is 4.21. The van der Waals surface area contributed by atoms with Crippen molar-refractivity contribution in [2.75, 3.05) is 10.6 Å². The van der Waals surface area contributed by atoms with Gasteiger partial charge in [-0.15, -0.1) is 0 Å². The molecule has 2 rings (SSSR count). The number of benzene rings is 1. The van der Waals surface area contributed by atoms with Crippen LogP contribution in [-0.2, 0) is 0 Å². The first-order chi connectivity index (χ1) is 11.3. The molecule has 0 aliphatic heterocycles. The van der Waals surface area contributed by atoms with E-state index in [0.29, 0.717) is 6.04 Å². The smallest absolute Gasteiger partial charge is 0.150 e. The zero-order valence-electron chi connectivity index (χ0n) is 15.4. The van der Waals surface area contributed by atoms with Gasteiger partial charge in [0, 0.05) is 11.7 Å². The molecular formula is C19H27BrN4. The summed E-state index contributed by atoms with van der Waals surface area (Å²) >= 11 is 3.67. The molecule has 0 saturated heterocycles. The Bertz CT molecular complexity index is 701. The normalized spacial score (nSPS) is 11.0. The van der Waals surface area contributed by atoms with Gasteiger partial charge in [-0.25, -0.2) is 9.97 Å². The molecular weight excluding hydrogens is 364 g/mol. The summed E-state index contributed by atoms with van der Waals surface area (Å²) in [6, 6.07) is 4.77. The molecule has 0 aliphatic carbocycles. The monoisotopic (exact) mass is 390 g/mol.